The van der Waals surface area contributed by atoms with Gasteiger partial charge in [0.1, 0.15) is 11.4 Å². The highest BCUT2D eigenvalue weighted by Gasteiger charge is 2.45. The smallest absolute Gasteiger partial charge is 0.433 e. The molecule has 1 aromatic heterocycles. The van der Waals surface area contributed by atoms with Gasteiger partial charge in [0.25, 0.3) is 0 Å². The van der Waals surface area contributed by atoms with Gasteiger partial charge in [-0.3, -0.25) is 4.79 Å². The molecular formula is C25H27F3N2O2. The standard InChI is InChI=1S/C25H27F3N2O2/c1-16(29-23(31)24(2)12-13-24)18-7-10-20(11-8-18)32-21-9-6-17(15-21)14-19-4-3-5-22(30-19)25(26,27)28/h3-5,7-8,10-11,17,21H,1,6,9,12-15H2,2H3,(H,29,31). The molecule has 1 heterocycles. The third kappa shape index (κ3) is 5.31. The first kappa shape index (κ1) is 22.4. The van der Waals surface area contributed by atoms with Crippen LogP contribution in [0.2, 0.25) is 0 Å². The van der Waals surface area contributed by atoms with Gasteiger partial charge in [-0.05, 0) is 86.4 Å². The van der Waals surface area contributed by atoms with Gasteiger partial charge in [-0.2, -0.15) is 13.2 Å². The maximum atomic E-state index is 12.9. The van der Waals surface area contributed by atoms with E-state index in [-0.39, 0.29) is 23.3 Å². The lowest BCUT2D eigenvalue weighted by Crippen LogP contribution is -2.28. The number of amides is 1. The highest BCUT2D eigenvalue weighted by atomic mass is 19.4. The number of pyridine rings is 1. The first-order valence-electron chi connectivity index (χ1n) is 10.9. The average molecular weight is 444 g/mol. The van der Waals surface area contributed by atoms with E-state index in [0.717, 1.165) is 49.5 Å². The van der Waals surface area contributed by atoms with Gasteiger partial charge in [0, 0.05) is 16.8 Å². The Labute approximate surface area is 185 Å². The fraction of sp³-hybridized carbons (Fsp3) is 0.440. The van der Waals surface area contributed by atoms with Crippen LogP contribution in [-0.2, 0) is 17.4 Å². The van der Waals surface area contributed by atoms with Gasteiger partial charge in [0.05, 0.1) is 6.10 Å². The number of benzene rings is 1. The summed E-state index contributed by atoms with van der Waals surface area (Å²) in [5, 5.41) is 2.88. The highest BCUT2D eigenvalue weighted by Crippen LogP contribution is 2.45. The summed E-state index contributed by atoms with van der Waals surface area (Å²) < 4.78 is 44.7. The van der Waals surface area contributed by atoms with Gasteiger partial charge in [0.2, 0.25) is 5.91 Å². The van der Waals surface area contributed by atoms with Crippen molar-refractivity contribution in [2.45, 2.75) is 57.7 Å². The quantitative estimate of drug-likeness (QED) is 0.589. The van der Waals surface area contributed by atoms with E-state index in [0.29, 0.717) is 17.8 Å². The maximum absolute atomic E-state index is 12.9. The zero-order valence-electron chi connectivity index (χ0n) is 18.0. The monoisotopic (exact) mass is 444 g/mol. The van der Waals surface area contributed by atoms with Crippen LogP contribution in [0.15, 0.2) is 49.0 Å². The molecule has 1 N–H and O–H groups in total. The SMILES string of the molecule is C=C(NC(=O)C1(C)CC1)c1ccc(OC2CCC(Cc3cccc(C(F)(F)F)n3)C2)cc1. The van der Waals surface area contributed by atoms with Crippen molar-refractivity contribution >= 4 is 11.6 Å². The topological polar surface area (TPSA) is 51.2 Å². The molecule has 0 spiro atoms. The Balaban J connectivity index is 1.28. The molecule has 2 aliphatic rings. The van der Waals surface area contributed by atoms with Gasteiger partial charge in [-0.1, -0.05) is 19.6 Å². The zero-order valence-corrected chi connectivity index (χ0v) is 18.0. The van der Waals surface area contributed by atoms with E-state index in [1.165, 1.54) is 6.07 Å². The molecule has 2 saturated carbocycles. The normalized spacial score (nSPS) is 21.8. The Bertz CT molecular complexity index is 997. The third-order valence-electron chi connectivity index (χ3n) is 6.41. The zero-order chi connectivity index (χ0) is 22.9. The number of carbonyl (C=O) groups excluding carboxylic acids is 1. The number of hydrogen-bond donors (Lipinski definition) is 1. The summed E-state index contributed by atoms with van der Waals surface area (Å²) in [5.41, 5.74) is 0.772. The van der Waals surface area contributed by atoms with Crippen molar-refractivity contribution in [3.05, 3.63) is 66.0 Å². The summed E-state index contributed by atoms with van der Waals surface area (Å²) in [7, 11) is 0. The summed E-state index contributed by atoms with van der Waals surface area (Å²) >= 11 is 0. The number of rotatable bonds is 7. The summed E-state index contributed by atoms with van der Waals surface area (Å²) in [6.45, 7) is 5.91. The van der Waals surface area contributed by atoms with Gasteiger partial charge >= 0.3 is 6.18 Å². The van der Waals surface area contributed by atoms with Crippen molar-refractivity contribution in [3.63, 3.8) is 0 Å². The van der Waals surface area contributed by atoms with E-state index in [9.17, 15) is 18.0 Å². The molecule has 0 radical (unpaired) electrons. The van der Waals surface area contributed by atoms with E-state index < -0.39 is 11.9 Å². The molecule has 1 aromatic carbocycles. The Morgan fingerprint density at radius 1 is 1.19 bits per heavy atom. The largest absolute Gasteiger partial charge is 0.490 e. The Morgan fingerprint density at radius 2 is 1.91 bits per heavy atom. The summed E-state index contributed by atoms with van der Waals surface area (Å²) in [4.78, 5) is 16.0. The molecule has 170 valence electrons. The maximum Gasteiger partial charge on any atom is 0.433 e. The van der Waals surface area contributed by atoms with Crippen molar-refractivity contribution in [3.8, 4) is 5.75 Å². The lowest BCUT2D eigenvalue weighted by molar-refractivity contribution is -0.141. The number of nitrogens with zero attached hydrogens (tertiary/aromatic N) is 1. The average Bonchev–Trinajstić information content (AvgIpc) is 3.36. The van der Waals surface area contributed by atoms with E-state index in [4.69, 9.17) is 4.74 Å². The minimum Gasteiger partial charge on any atom is -0.490 e. The Hall–Kier alpha value is -2.83. The molecule has 0 bridgehead atoms. The van der Waals surface area contributed by atoms with E-state index in [1.54, 1.807) is 6.07 Å². The second-order valence-corrected chi connectivity index (χ2v) is 9.15. The number of carbonyl (C=O) groups is 1. The molecule has 0 saturated heterocycles. The molecule has 4 nitrogen and oxygen atoms in total. The van der Waals surface area contributed by atoms with E-state index in [1.807, 2.05) is 31.2 Å². The van der Waals surface area contributed by atoms with Crippen molar-refractivity contribution < 1.29 is 22.7 Å². The molecule has 2 aromatic rings. The van der Waals surface area contributed by atoms with Crippen molar-refractivity contribution in [1.29, 1.82) is 0 Å². The summed E-state index contributed by atoms with van der Waals surface area (Å²) in [6.07, 6.45) is 0.454. The molecule has 7 heteroatoms. The van der Waals surface area contributed by atoms with Crippen LogP contribution in [0, 0.1) is 11.3 Å². The molecule has 2 unspecified atom stereocenters. The lowest BCUT2D eigenvalue weighted by atomic mass is 10.0. The minimum atomic E-state index is -4.42. The van der Waals surface area contributed by atoms with Crippen LogP contribution in [-0.4, -0.2) is 17.0 Å². The molecule has 0 aliphatic heterocycles. The predicted molar refractivity (Wildman–Crippen MR) is 116 cm³/mol. The molecule has 2 atom stereocenters. The Morgan fingerprint density at radius 3 is 2.56 bits per heavy atom. The summed E-state index contributed by atoms with van der Waals surface area (Å²) in [6, 6.07) is 11.5. The number of hydrogen-bond acceptors (Lipinski definition) is 3. The van der Waals surface area contributed by atoms with Crippen LogP contribution in [0.4, 0.5) is 13.2 Å². The fourth-order valence-corrected chi connectivity index (χ4v) is 4.07. The van der Waals surface area contributed by atoms with E-state index >= 15 is 0 Å². The highest BCUT2D eigenvalue weighted by molar-refractivity contribution is 5.91. The van der Waals surface area contributed by atoms with Crippen molar-refractivity contribution in [1.82, 2.24) is 10.3 Å². The summed E-state index contributed by atoms with van der Waals surface area (Å²) in [5.74, 6) is 0.981. The van der Waals surface area contributed by atoms with Gasteiger partial charge < -0.3 is 10.1 Å². The number of nitrogens with one attached hydrogen (secondary N) is 1. The molecule has 2 fully saturated rings. The van der Waals surface area contributed by atoms with Crippen LogP contribution in [0.3, 0.4) is 0 Å². The number of alkyl halides is 3. The van der Waals surface area contributed by atoms with Gasteiger partial charge in [-0.15, -0.1) is 0 Å². The second kappa shape index (κ2) is 8.60. The first-order chi connectivity index (χ1) is 15.1. The van der Waals surface area contributed by atoms with Gasteiger partial charge in [-0.25, -0.2) is 4.98 Å². The molecule has 32 heavy (non-hydrogen) atoms. The molecular weight excluding hydrogens is 417 g/mol. The molecule has 4 rings (SSSR count). The molecule has 1 amide bonds. The van der Waals surface area contributed by atoms with Crippen LogP contribution >= 0.6 is 0 Å². The van der Waals surface area contributed by atoms with Crippen molar-refractivity contribution in [2.24, 2.45) is 11.3 Å². The Kier molecular flexibility index (Phi) is 6.01. The first-order valence-corrected chi connectivity index (χ1v) is 10.9. The minimum absolute atomic E-state index is 0.00934. The van der Waals surface area contributed by atoms with Crippen LogP contribution in [0.5, 0.6) is 5.75 Å². The fourth-order valence-electron chi connectivity index (χ4n) is 4.07. The van der Waals surface area contributed by atoms with Crippen molar-refractivity contribution in [2.75, 3.05) is 0 Å². The van der Waals surface area contributed by atoms with Crippen LogP contribution in [0.25, 0.3) is 5.70 Å². The van der Waals surface area contributed by atoms with Gasteiger partial charge in [0.15, 0.2) is 0 Å². The third-order valence-corrected chi connectivity index (χ3v) is 6.41. The number of ether oxygens (including phenoxy) is 1. The lowest BCUT2D eigenvalue weighted by Gasteiger charge is -2.16. The molecule has 2 aliphatic carbocycles. The van der Waals surface area contributed by atoms with Crippen LogP contribution < -0.4 is 10.1 Å². The van der Waals surface area contributed by atoms with E-state index in [2.05, 4.69) is 16.9 Å². The second-order valence-electron chi connectivity index (χ2n) is 9.15. The number of aromatic nitrogens is 1. The number of halogens is 3. The predicted octanol–water partition coefficient (Wildman–Crippen LogP) is 5.78. The van der Waals surface area contributed by atoms with Crippen LogP contribution in [0.1, 0.15) is 56.0 Å².